The fourth-order valence-corrected chi connectivity index (χ4v) is 2.66. The van der Waals surface area contributed by atoms with E-state index < -0.39 is 10.0 Å². The molecular formula is C11H8Cl2N2O2S. The molecule has 1 heterocycles. The van der Waals surface area contributed by atoms with Gasteiger partial charge in [0.05, 0.1) is 14.9 Å². The zero-order valence-electron chi connectivity index (χ0n) is 8.97. The van der Waals surface area contributed by atoms with Crippen LogP contribution < -0.4 is 4.72 Å². The second-order valence-corrected chi connectivity index (χ2v) is 5.89. The molecule has 94 valence electrons. The fourth-order valence-electron chi connectivity index (χ4n) is 1.26. The minimum absolute atomic E-state index is 0.0301. The van der Waals surface area contributed by atoms with Crippen molar-refractivity contribution in [2.24, 2.45) is 0 Å². The van der Waals surface area contributed by atoms with Gasteiger partial charge in [0.2, 0.25) is 0 Å². The van der Waals surface area contributed by atoms with Gasteiger partial charge < -0.3 is 0 Å². The van der Waals surface area contributed by atoms with E-state index in [4.69, 9.17) is 23.2 Å². The number of benzene rings is 1. The minimum atomic E-state index is -3.71. The van der Waals surface area contributed by atoms with E-state index in [0.29, 0.717) is 5.02 Å². The van der Waals surface area contributed by atoms with Gasteiger partial charge in [-0.05, 0) is 30.3 Å². The molecule has 7 heteroatoms. The molecule has 4 nitrogen and oxygen atoms in total. The topological polar surface area (TPSA) is 59.1 Å². The summed E-state index contributed by atoms with van der Waals surface area (Å²) in [5, 5.41) is 0.481. The van der Waals surface area contributed by atoms with Crippen molar-refractivity contribution in [2.45, 2.75) is 4.90 Å². The Hall–Kier alpha value is -1.30. The van der Waals surface area contributed by atoms with Crippen molar-refractivity contribution in [1.82, 2.24) is 4.98 Å². The molecule has 1 N–H and O–H groups in total. The smallest absolute Gasteiger partial charge is 0.263 e. The van der Waals surface area contributed by atoms with Gasteiger partial charge in [0.25, 0.3) is 10.0 Å². The van der Waals surface area contributed by atoms with Crippen LogP contribution in [0.1, 0.15) is 0 Å². The third-order valence-corrected chi connectivity index (χ3v) is 4.20. The third-order valence-electron chi connectivity index (χ3n) is 2.11. The van der Waals surface area contributed by atoms with E-state index in [1.54, 1.807) is 18.2 Å². The normalized spacial score (nSPS) is 11.2. The number of aromatic nitrogens is 1. The van der Waals surface area contributed by atoms with Crippen molar-refractivity contribution in [3.05, 3.63) is 52.6 Å². The van der Waals surface area contributed by atoms with Crippen LogP contribution in [-0.4, -0.2) is 13.4 Å². The van der Waals surface area contributed by atoms with Crippen molar-refractivity contribution >= 4 is 39.0 Å². The van der Waals surface area contributed by atoms with Crippen LogP contribution in [-0.2, 0) is 10.0 Å². The lowest BCUT2D eigenvalue weighted by atomic mass is 10.4. The van der Waals surface area contributed by atoms with Gasteiger partial charge in [0, 0.05) is 6.20 Å². The monoisotopic (exact) mass is 302 g/mol. The first kappa shape index (κ1) is 13.1. The number of sulfonamides is 1. The van der Waals surface area contributed by atoms with Gasteiger partial charge in [-0.3, -0.25) is 4.72 Å². The number of anilines is 1. The number of hydrogen-bond donors (Lipinski definition) is 1. The molecule has 2 aromatic rings. The predicted molar refractivity (Wildman–Crippen MR) is 71.5 cm³/mol. The molecule has 18 heavy (non-hydrogen) atoms. The Morgan fingerprint density at radius 1 is 1.06 bits per heavy atom. The van der Waals surface area contributed by atoms with Crippen LogP contribution in [0.3, 0.4) is 0 Å². The molecule has 0 fully saturated rings. The average Bonchev–Trinajstić information content (AvgIpc) is 2.33. The summed E-state index contributed by atoms with van der Waals surface area (Å²) in [6.45, 7) is 0. The molecular weight excluding hydrogens is 295 g/mol. The predicted octanol–water partition coefficient (Wildman–Crippen LogP) is 3.19. The average molecular weight is 303 g/mol. The lowest BCUT2D eigenvalue weighted by molar-refractivity contribution is 0.601. The van der Waals surface area contributed by atoms with Crippen molar-refractivity contribution in [3.8, 4) is 0 Å². The second-order valence-electron chi connectivity index (χ2n) is 3.40. The highest BCUT2D eigenvalue weighted by molar-refractivity contribution is 7.92. The molecule has 0 saturated heterocycles. The van der Waals surface area contributed by atoms with Gasteiger partial charge in [-0.15, -0.1) is 0 Å². The first-order chi connectivity index (χ1) is 8.49. The molecule has 0 bridgehead atoms. The van der Waals surface area contributed by atoms with Crippen LogP contribution in [0.4, 0.5) is 5.82 Å². The molecule has 0 aliphatic rings. The maximum absolute atomic E-state index is 12.0. The Morgan fingerprint density at radius 3 is 2.44 bits per heavy atom. The fraction of sp³-hybridized carbons (Fsp3) is 0. The molecule has 0 atom stereocenters. The maximum atomic E-state index is 12.0. The van der Waals surface area contributed by atoms with Crippen LogP contribution in [0, 0.1) is 0 Å². The molecule has 2 rings (SSSR count). The largest absolute Gasteiger partial charge is 0.263 e. The van der Waals surface area contributed by atoms with Gasteiger partial charge in [-0.1, -0.05) is 29.3 Å². The molecule has 1 aromatic carbocycles. The van der Waals surface area contributed by atoms with Crippen LogP contribution >= 0.6 is 23.2 Å². The molecule has 0 radical (unpaired) electrons. The highest BCUT2D eigenvalue weighted by Crippen LogP contribution is 2.25. The van der Waals surface area contributed by atoms with Crippen molar-refractivity contribution in [2.75, 3.05) is 4.72 Å². The molecule has 0 aliphatic carbocycles. The molecule has 0 unspecified atom stereocenters. The van der Waals surface area contributed by atoms with E-state index >= 15 is 0 Å². The summed E-state index contributed by atoms with van der Waals surface area (Å²) in [6, 6.07) is 9.01. The molecule has 0 saturated carbocycles. The highest BCUT2D eigenvalue weighted by Gasteiger charge is 2.15. The van der Waals surface area contributed by atoms with E-state index in [1.165, 1.54) is 24.4 Å². The molecule has 0 aliphatic heterocycles. The van der Waals surface area contributed by atoms with E-state index in [-0.39, 0.29) is 15.7 Å². The number of hydrogen-bond acceptors (Lipinski definition) is 3. The Balaban J connectivity index is 2.34. The molecule has 0 spiro atoms. The minimum Gasteiger partial charge on any atom is -0.263 e. The quantitative estimate of drug-likeness (QED) is 0.947. The van der Waals surface area contributed by atoms with Crippen LogP contribution in [0.5, 0.6) is 0 Å². The number of halogens is 2. The van der Waals surface area contributed by atoms with Crippen molar-refractivity contribution in [3.63, 3.8) is 0 Å². The zero-order valence-corrected chi connectivity index (χ0v) is 11.3. The summed E-state index contributed by atoms with van der Waals surface area (Å²) in [4.78, 5) is 3.91. The van der Waals surface area contributed by atoms with Crippen LogP contribution in [0.25, 0.3) is 0 Å². The summed E-state index contributed by atoms with van der Waals surface area (Å²) in [7, 11) is -3.71. The summed E-state index contributed by atoms with van der Waals surface area (Å²) >= 11 is 11.5. The maximum Gasteiger partial charge on any atom is 0.263 e. The number of pyridine rings is 1. The Kier molecular flexibility index (Phi) is 3.75. The second kappa shape index (κ2) is 5.14. The van der Waals surface area contributed by atoms with E-state index in [1.807, 2.05) is 0 Å². The van der Waals surface area contributed by atoms with E-state index in [2.05, 4.69) is 9.71 Å². The summed E-state index contributed by atoms with van der Waals surface area (Å²) < 4.78 is 26.4. The summed E-state index contributed by atoms with van der Waals surface area (Å²) in [5.41, 5.74) is 0. The highest BCUT2D eigenvalue weighted by atomic mass is 35.5. The number of nitrogens with zero attached hydrogens (tertiary/aromatic N) is 1. The molecule has 0 amide bonds. The third kappa shape index (κ3) is 2.93. The van der Waals surface area contributed by atoms with Crippen molar-refractivity contribution in [1.29, 1.82) is 0 Å². The SMILES string of the molecule is O=S(=O)(Nc1ccccn1)c1ccc(Cl)c(Cl)c1. The lowest BCUT2D eigenvalue weighted by Gasteiger charge is -2.07. The van der Waals surface area contributed by atoms with Crippen molar-refractivity contribution < 1.29 is 8.42 Å². The first-order valence-corrected chi connectivity index (χ1v) is 7.12. The van der Waals surface area contributed by atoms with Gasteiger partial charge in [0.15, 0.2) is 0 Å². The Bertz CT molecular complexity index is 660. The zero-order chi connectivity index (χ0) is 13.2. The van der Waals surface area contributed by atoms with E-state index in [9.17, 15) is 8.42 Å². The van der Waals surface area contributed by atoms with Crippen LogP contribution in [0.15, 0.2) is 47.5 Å². The Labute approximate surface area is 115 Å². The standard InChI is InChI=1S/C11H8Cl2N2O2S/c12-9-5-4-8(7-10(9)13)18(16,17)15-11-3-1-2-6-14-11/h1-7H,(H,14,15). The summed E-state index contributed by atoms with van der Waals surface area (Å²) in [6.07, 6.45) is 1.49. The number of nitrogens with one attached hydrogen (secondary N) is 1. The van der Waals surface area contributed by atoms with Gasteiger partial charge in [-0.2, -0.15) is 0 Å². The van der Waals surface area contributed by atoms with Gasteiger partial charge >= 0.3 is 0 Å². The van der Waals surface area contributed by atoms with Crippen LogP contribution in [0.2, 0.25) is 10.0 Å². The number of rotatable bonds is 3. The summed E-state index contributed by atoms with van der Waals surface area (Å²) in [5.74, 6) is 0.239. The van der Waals surface area contributed by atoms with Gasteiger partial charge in [-0.25, -0.2) is 13.4 Å². The Morgan fingerprint density at radius 2 is 1.83 bits per heavy atom. The molecule has 1 aromatic heterocycles. The van der Waals surface area contributed by atoms with E-state index in [0.717, 1.165) is 0 Å². The lowest BCUT2D eigenvalue weighted by Crippen LogP contribution is -2.13. The first-order valence-electron chi connectivity index (χ1n) is 4.88. The van der Waals surface area contributed by atoms with Gasteiger partial charge in [0.1, 0.15) is 5.82 Å².